The second-order valence-corrected chi connectivity index (χ2v) is 6.18. The summed E-state index contributed by atoms with van der Waals surface area (Å²) in [5.74, 6) is 0. The minimum atomic E-state index is 0.926. The minimum Gasteiger partial charge on any atom is -0.317 e. The monoisotopic (exact) mass is 281 g/mol. The smallest absolute Gasteiger partial charge is 0.121 e. The van der Waals surface area contributed by atoms with Crippen molar-refractivity contribution in [3.8, 4) is 0 Å². The third kappa shape index (κ3) is 4.48. The van der Waals surface area contributed by atoms with Gasteiger partial charge in [0.15, 0.2) is 0 Å². The maximum atomic E-state index is 4.26. The molecule has 0 spiro atoms. The van der Waals surface area contributed by atoms with E-state index in [9.17, 15) is 0 Å². The van der Waals surface area contributed by atoms with Crippen LogP contribution in [0.3, 0.4) is 0 Å². The molecule has 0 aliphatic heterocycles. The van der Waals surface area contributed by atoms with Gasteiger partial charge in [-0.2, -0.15) is 11.3 Å². The van der Waals surface area contributed by atoms with Crippen LogP contribution in [0.5, 0.6) is 0 Å². The predicted molar refractivity (Wildman–Crippen MR) is 78.5 cm³/mol. The Labute approximate surface area is 116 Å². The number of nitrogens with zero attached hydrogens (tertiary/aromatic N) is 2. The Morgan fingerprint density at radius 2 is 2.11 bits per heavy atom. The number of nitrogens with one attached hydrogen (secondary N) is 1. The molecule has 5 heteroatoms. The van der Waals surface area contributed by atoms with E-state index in [-0.39, 0.29) is 0 Å². The standard InChI is InChI=1S/C13H19N3S2/c1-2-6-14-7-3-4-12-15-16-13(18-12)9-11-5-8-17-10-11/h5,8,10,14H,2-4,6-7,9H2,1H3. The molecule has 1 N–H and O–H groups in total. The molecule has 3 nitrogen and oxygen atoms in total. The zero-order valence-corrected chi connectivity index (χ0v) is 12.3. The number of hydrogen-bond acceptors (Lipinski definition) is 5. The number of thiophene rings is 1. The molecule has 18 heavy (non-hydrogen) atoms. The van der Waals surface area contributed by atoms with Crippen LogP contribution in [0.2, 0.25) is 0 Å². The van der Waals surface area contributed by atoms with Gasteiger partial charge in [0.05, 0.1) is 0 Å². The van der Waals surface area contributed by atoms with Crippen LogP contribution in [0.1, 0.15) is 35.3 Å². The molecule has 98 valence electrons. The first-order valence-electron chi connectivity index (χ1n) is 6.41. The lowest BCUT2D eigenvalue weighted by Gasteiger charge is -1.99. The van der Waals surface area contributed by atoms with Gasteiger partial charge in [0.1, 0.15) is 10.0 Å². The van der Waals surface area contributed by atoms with Gasteiger partial charge in [-0.1, -0.05) is 6.92 Å². The van der Waals surface area contributed by atoms with E-state index < -0.39 is 0 Å². The molecule has 0 unspecified atom stereocenters. The highest BCUT2D eigenvalue weighted by atomic mass is 32.1. The van der Waals surface area contributed by atoms with Crippen LogP contribution in [0.15, 0.2) is 16.8 Å². The van der Waals surface area contributed by atoms with Crippen molar-refractivity contribution in [2.75, 3.05) is 13.1 Å². The highest BCUT2D eigenvalue weighted by Gasteiger charge is 2.05. The normalized spacial score (nSPS) is 10.9. The first-order chi connectivity index (χ1) is 8.88. The Kier molecular flexibility index (Phi) is 5.77. The van der Waals surface area contributed by atoms with Gasteiger partial charge in [-0.25, -0.2) is 0 Å². The lowest BCUT2D eigenvalue weighted by Crippen LogP contribution is -2.16. The first kappa shape index (κ1) is 13.6. The van der Waals surface area contributed by atoms with Crippen molar-refractivity contribution in [1.29, 1.82) is 0 Å². The Hall–Kier alpha value is -0.780. The number of rotatable bonds is 8. The maximum absolute atomic E-state index is 4.26. The van der Waals surface area contributed by atoms with E-state index in [2.05, 4.69) is 39.3 Å². The fourth-order valence-electron chi connectivity index (χ4n) is 1.70. The second kappa shape index (κ2) is 7.61. The predicted octanol–water partition coefficient (Wildman–Crippen LogP) is 3.12. The quantitative estimate of drug-likeness (QED) is 0.755. The molecule has 0 aromatic carbocycles. The molecule has 0 aliphatic carbocycles. The van der Waals surface area contributed by atoms with Crippen LogP contribution in [0.4, 0.5) is 0 Å². The molecule has 2 rings (SSSR count). The van der Waals surface area contributed by atoms with Gasteiger partial charge in [0.2, 0.25) is 0 Å². The Morgan fingerprint density at radius 1 is 1.22 bits per heavy atom. The van der Waals surface area contributed by atoms with Gasteiger partial charge in [-0.15, -0.1) is 21.5 Å². The summed E-state index contributed by atoms with van der Waals surface area (Å²) in [6, 6.07) is 2.15. The van der Waals surface area contributed by atoms with Gasteiger partial charge >= 0.3 is 0 Å². The topological polar surface area (TPSA) is 37.8 Å². The second-order valence-electron chi connectivity index (χ2n) is 4.25. The zero-order chi connectivity index (χ0) is 12.6. The van der Waals surface area contributed by atoms with Crippen molar-refractivity contribution in [1.82, 2.24) is 15.5 Å². The summed E-state index contributed by atoms with van der Waals surface area (Å²) in [7, 11) is 0. The van der Waals surface area contributed by atoms with E-state index in [1.807, 2.05) is 0 Å². The molecule has 0 fully saturated rings. The summed E-state index contributed by atoms with van der Waals surface area (Å²) in [4.78, 5) is 0. The van der Waals surface area contributed by atoms with Crippen molar-refractivity contribution in [3.63, 3.8) is 0 Å². The highest BCUT2D eigenvalue weighted by Crippen LogP contribution is 2.17. The van der Waals surface area contributed by atoms with E-state index >= 15 is 0 Å². The van der Waals surface area contributed by atoms with Gasteiger partial charge < -0.3 is 5.32 Å². The van der Waals surface area contributed by atoms with Crippen molar-refractivity contribution >= 4 is 22.7 Å². The summed E-state index contributed by atoms with van der Waals surface area (Å²) in [5, 5.41) is 18.5. The van der Waals surface area contributed by atoms with Crippen molar-refractivity contribution < 1.29 is 0 Å². The lowest BCUT2D eigenvalue weighted by atomic mass is 10.3. The SMILES string of the molecule is CCCNCCCc1nnc(Cc2ccsc2)s1. The van der Waals surface area contributed by atoms with Gasteiger partial charge in [0, 0.05) is 12.8 Å². The Bertz CT molecular complexity index is 437. The third-order valence-corrected chi connectivity index (χ3v) is 4.33. The molecule has 0 bridgehead atoms. The van der Waals surface area contributed by atoms with Crippen LogP contribution >= 0.6 is 22.7 Å². The largest absolute Gasteiger partial charge is 0.317 e. The van der Waals surface area contributed by atoms with Gasteiger partial charge in [-0.05, 0) is 48.3 Å². The number of aromatic nitrogens is 2. The van der Waals surface area contributed by atoms with Crippen molar-refractivity contribution in [3.05, 3.63) is 32.4 Å². The summed E-state index contributed by atoms with van der Waals surface area (Å²) in [6.07, 6.45) is 4.31. The molecule has 0 atom stereocenters. The van der Waals surface area contributed by atoms with Gasteiger partial charge in [0.25, 0.3) is 0 Å². The summed E-state index contributed by atoms with van der Waals surface area (Å²) < 4.78 is 0. The molecule has 0 amide bonds. The molecule has 0 aliphatic rings. The molecular formula is C13H19N3S2. The maximum Gasteiger partial charge on any atom is 0.121 e. The van der Waals surface area contributed by atoms with Gasteiger partial charge in [-0.3, -0.25) is 0 Å². The fourth-order valence-corrected chi connectivity index (χ4v) is 3.28. The zero-order valence-electron chi connectivity index (χ0n) is 10.7. The van der Waals surface area contributed by atoms with E-state index in [0.717, 1.165) is 37.4 Å². The summed E-state index contributed by atoms with van der Waals surface area (Å²) >= 11 is 3.48. The van der Waals surface area contributed by atoms with Crippen molar-refractivity contribution in [2.24, 2.45) is 0 Å². The Morgan fingerprint density at radius 3 is 2.89 bits per heavy atom. The first-order valence-corrected chi connectivity index (χ1v) is 8.17. The van der Waals surface area contributed by atoms with E-state index in [1.165, 1.54) is 17.0 Å². The highest BCUT2D eigenvalue weighted by molar-refractivity contribution is 7.11. The summed E-state index contributed by atoms with van der Waals surface area (Å²) in [5.41, 5.74) is 1.34. The number of hydrogen-bond donors (Lipinski definition) is 1. The van der Waals surface area contributed by atoms with Crippen LogP contribution in [0, 0.1) is 0 Å². The molecule has 0 radical (unpaired) electrons. The van der Waals surface area contributed by atoms with E-state index in [0.29, 0.717) is 0 Å². The van der Waals surface area contributed by atoms with Crippen molar-refractivity contribution in [2.45, 2.75) is 32.6 Å². The molecule has 2 aromatic heterocycles. The Balaban J connectivity index is 1.72. The van der Waals surface area contributed by atoms with E-state index in [1.54, 1.807) is 22.7 Å². The minimum absolute atomic E-state index is 0.926. The average Bonchev–Trinajstić information content (AvgIpc) is 3.02. The van der Waals surface area contributed by atoms with Crippen LogP contribution in [-0.2, 0) is 12.8 Å². The lowest BCUT2D eigenvalue weighted by molar-refractivity contribution is 0.637. The summed E-state index contributed by atoms with van der Waals surface area (Å²) in [6.45, 7) is 4.38. The molecular weight excluding hydrogens is 262 g/mol. The molecule has 0 saturated carbocycles. The van der Waals surface area contributed by atoms with Crippen LogP contribution < -0.4 is 5.32 Å². The number of aryl methyl sites for hydroxylation is 1. The molecule has 0 saturated heterocycles. The van der Waals surface area contributed by atoms with Crippen LogP contribution in [-0.4, -0.2) is 23.3 Å². The molecule has 2 aromatic rings. The fraction of sp³-hybridized carbons (Fsp3) is 0.538. The third-order valence-electron chi connectivity index (χ3n) is 2.62. The van der Waals surface area contributed by atoms with Crippen LogP contribution in [0.25, 0.3) is 0 Å². The average molecular weight is 281 g/mol. The van der Waals surface area contributed by atoms with E-state index in [4.69, 9.17) is 0 Å². The molecule has 2 heterocycles.